The van der Waals surface area contributed by atoms with Crippen LogP contribution in [0.15, 0.2) is 66.2 Å². The summed E-state index contributed by atoms with van der Waals surface area (Å²) in [6, 6.07) is 17.4. The number of esters is 1. The quantitative estimate of drug-likeness (QED) is 0.121. The van der Waals surface area contributed by atoms with Crippen molar-refractivity contribution >= 4 is 23.4 Å². The van der Waals surface area contributed by atoms with E-state index in [1.165, 1.54) is 7.11 Å². The number of fused-ring (bicyclic) bond motifs is 2. The normalized spacial score (nSPS) is 18.4. The molecule has 3 aliphatic rings. The number of hydrogen-bond acceptors (Lipinski definition) is 6. The molecule has 1 saturated heterocycles. The van der Waals surface area contributed by atoms with Crippen LogP contribution in [0.25, 0.3) is 5.57 Å². The van der Waals surface area contributed by atoms with Crippen LogP contribution in [0.5, 0.6) is 5.75 Å². The number of benzene rings is 3. The molecule has 2 fully saturated rings. The van der Waals surface area contributed by atoms with Crippen LogP contribution in [0.4, 0.5) is 13.2 Å². The molecule has 1 saturated carbocycles. The van der Waals surface area contributed by atoms with Crippen LogP contribution in [0.3, 0.4) is 0 Å². The van der Waals surface area contributed by atoms with Crippen molar-refractivity contribution in [2.24, 2.45) is 0 Å². The monoisotopic (exact) mass is 703 g/mol. The van der Waals surface area contributed by atoms with E-state index in [1.54, 1.807) is 0 Å². The zero-order valence-electron chi connectivity index (χ0n) is 29.1. The summed E-state index contributed by atoms with van der Waals surface area (Å²) in [7, 11) is 1.33. The van der Waals surface area contributed by atoms with Crippen molar-refractivity contribution in [2.45, 2.75) is 83.0 Å². The van der Waals surface area contributed by atoms with Gasteiger partial charge in [-0.3, -0.25) is 14.4 Å². The molecular weight excluding hydrogens is 659 g/mol. The van der Waals surface area contributed by atoms with Crippen LogP contribution >= 0.6 is 0 Å². The Hall–Kier alpha value is -4.64. The number of rotatable bonds is 14. The predicted molar refractivity (Wildman–Crippen MR) is 186 cm³/mol. The van der Waals surface area contributed by atoms with Crippen LogP contribution in [-0.4, -0.2) is 72.5 Å². The molecule has 2 bridgehead atoms. The maximum Gasteiger partial charge on any atom is 0.305 e. The van der Waals surface area contributed by atoms with Crippen molar-refractivity contribution in [1.29, 1.82) is 0 Å². The molecule has 2 aliphatic heterocycles. The van der Waals surface area contributed by atoms with Gasteiger partial charge in [0.1, 0.15) is 0 Å². The standard InChI is InChI=1S/C40H44F3N3O5/c1-25-7-3-4-9-28(25)22-46(30-16-17-30)40(49)37-31(21-29-23-45(24-34(37)44-29)35(47)10-5-11-36(48)50-2)27-14-12-26(13-15-27)8-6-20-51-39-33(42)19-18-32(41)38(39)43/h3-4,7,9,12-15,18-19,29-30,34,44H,5-6,8,10-11,16-17,20-24H2,1-2H3/t29-,34-/m1/s1. The number of piperazine rings is 1. The van der Waals surface area contributed by atoms with Gasteiger partial charge in [-0.25, -0.2) is 8.78 Å². The molecule has 0 aromatic heterocycles. The molecular formula is C40H44F3N3O5. The fourth-order valence-electron chi connectivity index (χ4n) is 7.06. The maximum absolute atomic E-state index is 14.7. The van der Waals surface area contributed by atoms with E-state index in [-0.39, 0.29) is 55.4 Å². The van der Waals surface area contributed by atoms with E-state index >= 15 is 0 Å². The van der Waals surface area contributed by atoms with Crippen molar-refractivity contribution in [3.05, 3.63) is 106 Å². The highest BCUT2D eigenvalue weighted by molar-refractivity contribution is 6.03. The molecule has 11 heteroatoms. The summed E-state index contributed by atoms with van der Waals surface area (Å²) in [6.45, 7) is 3.42. The van der Waals surface area contributed by atoms with E-state index < -0.39 is 23.2 Å². The lowest BCUT2D eigenvalue weighted by molar-refractivity contribution is -0.141. The molecule has 51 heavy (non-hydrogen) atoms. The highest BCUT2D eigenvalue weighted by Gasteiger charge is 2.43. The van der Waals surface area contributed by atoms with E-state index in [2.05, 4.69) is 24.4 Å². The van der Waals surface area contributed by atoms with E-state index in [0.29, 0.717) is 50.9 Å². The highest BCUT2D eigenvalue weighted by Crippen LogP contribution is 2.38. The SMILES string of the molecule is COC(=O)CCCC(=O)N1C[C@H]2CC(c3ccc(CCCOc4c(F)ccc(F)c4F)cc3)=C(C(=O)N(Cc3ccccc3C)C3CC3)[C@@H](C1)N2. The number of halogens is 3. The molecule has 0 spiro atoms. The summed E-state index contributed by atoms with van der Waals surface area (Å²) in [4.78, 5) is 43.5. The van der Waals surface area contributed by atoms with Gasteiger partial charge in [-0.05, 0) is 85.4 Å². The molecule has 2 heterocycles. The van der Waals surface area contributed by atoms with Crippen molar-refractivity contribution in [3.8, 4) is 5.75 Å². The molecule has 1 aliphatic carbocycles. The van der Waals surface area contributed by atoms with Crippen molar-refractivity contribution in [2.75, 3.05) is 26.8 Å². The van der Waals surface area contributed by atoms with Gasteiger partial charge in [-0.15, -0.1) is 0 Å². The third-order valence-corrected chi connectivity index (χ3v) is 10.00. The number of carbonyl (C=O) groups excluding carboxylic acids is 3. The summed E-state index contributed by atoms with van der Waals surface area (Å²) < 4.78 is 51.4. The van der Waals surface area contributed by atoms with Crippen LogP contribution < -0.4 is 10.1 Å². The van der Waals surface area contributed by atoms with Gasteiger partial charge in [0.2, 0.25) is 11.7 Å². The third kappa shape index (κ3) is 8.64. The van der Waals surface area contributed by atoms with Gasteiger partial charge in [0.25, 0.3) is 5.91 Å². The van der Waals surface area contributed by atoms with E-state index in [9.17, 15) is 27.6 Å². The van der Waals surface area contributed by atoms with E-state index in [4.69, 9.17) is 9.47 Å². The number of ether oxygens (including phenoxy) is 2. The van der Waals surface area contributed by atoms with Crippen molar-refractivity contribution < 1.29 is 37.0 Å². The molecule has 3 aromatic carbocycles. The number of carbonyl (C=O) groups is 3. The average molecular weight is 704 g/mol. The van der Waals surface area contributed by atoms with Gasteiger partial charge in [-0.1, -0.05) is 48.5 Å². The first-order valence-corrected chi connectivity index (χ1v) is 17.7. The molecule has 3 aromatic rings. The lowest BCUT2D eigenvalue weighted by Gasteiger charge is -2.45. The number of amides is 2. The average Bonchev–Trinajstić information content (AvgIpc) is 3.97. The second-order valence-electron chi connectivity index (χ2n) is 13.7. The third-order valence-electron chi connectivity index (χ3n) is 10.00. The lowest BCUT2D eigenvalue weighted by atomic mass is 9.82. The minimum atomic E-state index is -1.34. The zero-order chi connectivity index (χ0) is 36.1. The van der Waals surface area contributed by atoms with Crippen molar-refractivity contribution in [1.82, 2.24) is 15.1 Å². The molecule has 0 radical (unpaired) electrons. The number of hydrogen-bond donors (Lipinski definition) is 1. The topological polar surface area (TPSA) is 88.2 Å². The zero-order valence-corrected chi connectivity index (χ0v) is 29.1. The van der Waals surface area contributed by atoms with Crippen LogP contribution in [-0.2, 0) is 32.1 Å². The van der Waals surface area contributed by atoms with Gasteiger partial charge >= 0.3 is 5.97 Å². The number of methoxy groups -OCH3 is 1. The van der Waals surface area contributed by atoms with Gasteiger partial charge in [0.15, 0.2) is 17.4 Å². The number of nitrogens with zero attached hydrogens (tertiary/aromatic N) is 2. The summed E-state index contributed by atoms with van der Waals surface area (Å²) >= 11 is 0. The van der Waals surface area contributed by atoms with Crippen LogP contribution in [0.2, 0.25) is 0 Å². The van der Waals surface area contributed by atoms with Gasteiger partial charge in [0.05, 0.1) is 19.8 Å². The Bertz CT molecular complexity index is 1790. The molecule has 2 atom stereocenters. The molecule has 1 N–H and O–H groups in total. The Labute approximate surface area is 296 Å². The van der Waals surface area contributed by atoms with Crippen molar-refractivity contribution in [3.63, 3.8) is 0 Å². The largest absolute Gasteiger partial charge is 0.488 e. The van der Waals surface area contributed by atoms with Gasteiger partial charge < -0.3 is 24.6 Å². The summed E-state index contributed by atoms with van der Waals surface area (Å²) in [5.41, 5.74) is 5.79. The Balaban J connectivity index is 1.22. The smallest absolute Gasteiger partial charge is 0.305 e. The Morgan fingerprint density at radius 1 is 0.922 bits per heavy atom. The Morgan fingerprint density at radius 3 is 2.39 bits per heavy atom. The molecule has 2 amide bonds. The first-order valence-electron chi connectivity index (χ1n) is 17.7. The fourth-order valence-corrected chi connectivity index (χ4v) is 7.06. The maximum atomic E-state index is 14.7. The first kappa shape index (κ1) is 36.2. The first-order chi connectivity index (χ1) is 24.6. The summed E-state index contributed by atoms with van der Waals surface area (Å²) in [6.07, 6.45) is 4.28. The van der Waals surface area contributed by atoms with Gasteiger partial charge in [0, 0.05) is 50.1 Å². The Morgan fingerprint density at radius 2 is 1.67 bits per heavy atom. The minimum absolute atomic E-state index is 0.00762. The van der Waals surface area contributed by atoms with E-state index in [1.807, 2.05) is 46.2 Å². The second kappa shape index (κ2) is 16.1. The number of aryl methyl sites for hydroxylation is 2. The highest BCUT2D eigenvalue weighted by atomic mass is 19.2. The minimum Gasteiger partial charge on any atom is -0.488 e. The second-order valence-corrected chi connectivity index (χ2v) is 13.7. The lowest BCUT2D eigenvalue weighted by Crippen LogP contribution is -2.62. The molecule has 6 rings (SSSR count). The molecule has 0 unspecified atom stereocenters. The Kier molecular flexibility index (Phi) is 11.4. The number of nitrogens with one attached hydrogen (secondary N) is 1. The predicted octanol–water partition coefficient (Wildman–Crippen LogP) is 6.28. The summed E-state index contributed by atoms with van der Waals surface area (Å²) in [5.74, 6) is -4.57. The van der Waals surface area contributed by atoms with E-state index in [0.717, 1.165) is 52.8 Å². The fraction of sp³-hybridized carbons (Fsp3) is 0.425. The van der Waals surface area contributed by atoms with Crippen LogP contribution in [0.1, 0.15) is 67.2 Å². The summed E-state index contributed by atoms with van der Waals surface area (Å²) in [5, 5.41) is 3.65. The van der Waals surface area contributed by atoms with Gasteiger partial charge in [-0.2, -0.15) is 4.39 Å². The molecule has 8 nitrogen and oxygen atoms in total. The molecule has 270 valence electrons. The van der Waals surface area contributed by atoms with Crippen LogP contribution in [0, 0.1) is 24.4 Å².